The lowest BCUT2D eigenvalue weighted by Gasteiger charge is -2.00. The Morgan fingerprint density at radius 3 is 2.81 bits per heavy atom. The van der Waals surface area contributed by atoms with Gasteiger partial charge < -0.3 is 10.8 Å². The summed E-state index contributed by atoms with van der Waals surface area (Å²) in [7, 11) is 0. The molecule has 0 saturated heterocycles. The molecular formula is C10H11FN2O3. The summed E-state index contributed by atoms with van der Waals surface area (Å²) in [5.74, 6) is -0.821. The van der Waals surface area contributed by atoms with Crippen LogP contribution < -0.4 is 5.73 Å². The molecule has 0 aromatic heterocycles. The Kier molecular flexibility index (Phi) is 3.96. The number of nitro benzene ring substituents is 1. The molecule has 5 nitrogen and oxygen atoms in total. The lowest BCUT2D eigenvalue weighted by molar-refractivity contribution is -0.384. The number of hydrogen-bond acceptors (Lipinski definition) is 4. The molecule has 0 fully saturated rings. The Morgan fingerprint density at radius 1 is 1.56 bits per heavy atom. The van der Waals surface area contributed by atoms with Gasteiger partial charge in [-0.05, 0) is 18.1 Å². The SMILES string of the molecule is Nc1c(F)cc(C=CCCO)cc1[N+](=O)[O-]. The fourth-order valence-corrected chi connectivity index (χ4v) is 1.16. The van der Waals surface area contributed by atoms with E-state index in [0.29, 0.717) is 12.0 Å². The van der Waals surface area contributed by atoms with Crippen LogP contribution in [0.3, 0.4) is 0 Å². The topological polar surface area (TPSA) is 89.4 Å². The fourth-order valence-electron chi connectivity index (χ4n) is 1.16. The molecule has 3 N–H and O–H groups in total. The average Bonchev–Trinajstić information content (AvgIpc) is 2.23. The van der Waals surface area contributed by atoms with Crippen LogP contribution in [0.25, 0.3) is 6.08 Å². The third kappa shape index (κ3) is 2.77. The monoisotopic (exact) mass is 226 g/mol. The van der Waals surface area contributed by atoms with Gasteiger partial charge in [0.15, 0.2) is 5.82 Å². The Labute approximate surface area is 91.2 Å². The zero-order valence-electron chi connectivity index (χ0n) is 8.39. The van der Waals surface area contributed by atoms with Gasteiger partial charge in [0.05, 0.1) is 4.92 Å². The number of aliphatic hydroxyl groups is 1. The number of nitrogens with zero attached hydrogens (tertiary/aromatic N) is 1. The third-order valence-electron chi connectivity index (χ3n) is 1.93. The lowest BCUT2D eigenvalue weighted by Crippen LogP contribution is -1.99. The van der Waals surface area contributed by atoms with Crippen LogP contribution in [0.1, 0.15) is 12.0 Å². The van der Waals surface area contributed by atoms with Crippen molar-refractivity contribution in [2.45, 2.75) is 6.42 Å². The largest absolute Gasteiger partial charge is 0.396 e. The van der Waals surface area contributed by atoms with E-state index in [9.17, 15) is 14.5 Å². The fraction of sp³-hybridized carbons (Fsp3) is 0.200. The summed E-state index contributed by atoms with van der Waals surface area (Å²) in [6.45, 7) is -0.0317. The van der Waals surface area contributed by atoms with Crippen LogP contribution in [-0.2, 0) is 0 Å². The van der Waals surface area contributed by atoms with Gasteiger partial charge in [0.1, 0.15) is 5.69 Å². The van der Waals surface area contributed by atoms with Crippen molar-refractivity contribution in [3.8, 4) is 0 Å². The predicted octanol–water partition coefficient (Wildman–Crippen LogP) is 1.71. The number of halogens is 1. The minimum absolute atomic E-state index is 0.0317. The molecule has 0 bridgehead atoms. The highest BCUT2D eigenvalue weighted by atomic mass is 19.1. The number of anilines is 1. The summed E-state index contributed by atoms with van der Waals surface area (Å²) in [4.78, 5) is 9.82. The maximum atomic E-state index is 13.2. The maximum absolute atomic E-state index is 13.2. The molecule has 86 valence electrons. The first-order chi connectivity index (χ1) is 7.56. The minimum atomic E-state index is -0.821. The van der Waals surface area contributed by atoms with Crippen molar-refractivity contribution in [2.75, 3.05) is 12.3 Å². The number of nitrogen functional groups attached to an aromatic ring is 1. The quantitative estimate of drug-likeness (QED) is 0.464. The first-order valence-corrected chi connectivity index (χ1v) is 4.57. The van der Waals surface area contributed by atoms with Gasteiger partial charge in [-0.25, -0.2) is 4.39 Å². The van der Waals surface area contributed by atoms with E-state index in [2.05, 4.69) is 0 Å². The smallest absolute Gasteiger partial charge is 0.295 e. The number of rotatable bonds is 4. The van der Waals surface area contributed by atoms with Crippen molar-refractivity contribution in [1.29, 1.82) is 0 Å². The Hall–Kier alpha value is -1.95. The predicted molar refractivity (Wildman–Crippen MR) is 58.2 cm³/mol. The molecular weight excluding hydrogens is 215 g/mol. The normalized spacial score (nSPS) is 10.9. The Balaban J connectivity index is 3.09. The summed E-state index contributed by atoms with van der Waals surface area (Å²) in [5.41, 5.74) is 4.64. The molecule has 0 aliphatic carbocycles. The van der Waals surface area contributed by atoms with Crippen molar-refractivity contribution in [3.05, 3.63) is 39.7 Å². The molecule has 0 aliphatic rings. The summed E-state index contributed by atoms with van der Waals surface area (Å²) in [6.07, 6.45) is 3.49. The highest BCUT2D eigenvalue weighted by molar-refractivity contribution is 5.65. The molecule has 6 heteroatoms. The van der Waals surface area contributed by atoms with Crippen molar-refractivity contribution in [3.63, 3.8) is 0 Å². The van der Waals surface area contributed by atoms with E-state index in [4.69, 9.17) is 10.8 Å². The van der Waals surface area contributed by atoms with Crippen molar-refractivity contribution in [2.24, 2.45) is 0 Å². The molecule has 1 rings (SSSR count). The van der Waals surface area contributed by atoms with Gasteiger partial charge in [-0.2, -0.15) is 0 Å². The zero-order valence-corrected chi connectivity index (χ0v) is 8.39. The first kappa shape index (κ1) is 12.1. The number of aliphatic hydroxyl groups excluding tert-OH is 1. The van der Waals surface area contributed by atoms with Crippen molar-refractivity contribution in [1.82, 2.24) is 0 Å². The molecule has 0 atom stereocenters. The zero-order chi connectivity index (χ0) is 12.1. The Morgan fingerprint density at radius 2 is 2.25 bits per heavy atom. The van der Waals surface area contributed by atoms with Crippen LogP contribution in [0.5, 0.6) is 0 Å². The minimum Gasteiger partial charge on any atom is -0.396 e. The van der Waals surface area contributed by atoms with Gasteiger partial charge in [-0.3, -0.25) is 10.1 Å². The van der Waals surface area contributed by atoms with E-state index in [1.807, 2.05) is 0 Å². The van der Waals surface area contributed by atoms with E-state index in [-0.39, 0.29) is 6.61 Å². The van der Waals surface area contributed by atoms with Crippen molar-refractivity contribution < 1.29 is 14.4 Å². The molecule has 0 aliphatic heterocycles. The number of nitro groups is 1. The van der Waals surface area contributed by atoms with E-state index in [1.165, 1.54) is 12.1 Å². The highest BCUT2D eigenvalue weighted by Gasteiger charge is 2.16. The standard InChI is InChI=1S/C10H11FN2O3/c11-8-5-7(3-1-2-4-14)6-9(10(8)12)13(15)16/h1,3,5-6,14H,2,4,12H2. The molecule has 0 radical (unpaired) electrons. The van der Waals surface area contributed by atoms with Gasteiger partial charge in [0.2, 0.25) is 0 Å². The molecule has 16 heavy (non-hydrogen) atoms. The molecule has 0 spiro atoms. The van der Waals surface area contributed by atoms with Crippen LogP contribution in [0, 0.1) is 15.9 Å². The van der Waals surface area contributed by atoms with Gasteiger partial charge in [-0.1, -0.05) is 12.2 Å². The third-order valence-corrected chi connectivity index (χ3v) is 1.93. The summed E-state index contributed by atoms with van der Waals surface area (Å²) >= 11 is 0. The van der Waals surface area contributed by atoms with Gasteiger partial charge in [0, 0.05) is 12.7 Å². The molecule has 1 aromatic rings. The molecule has 0 amide bonds. The average molecular weight is 226 g/mol. The van der Waals surface area contributed by atoms with E-state index < -0.39 is 22.1 Å². The van der Waals surface area contributed by atoms with Gasteiger partial charge in [-0.15, -0.1) is 0 Å². The first-order valence-electron chi connectivity index (χ1n) is 4.57. The second-order valence-corrected chi connectivity index (χ2v) is 3.11. The van der Waals surface area contributed by atoms with Crippen LogP contribution in [0.4, 0.5) is 15.8 Å². The van der Waals surface area contributed by atoms with Crippen LogP contribution in [-0.4, -0.2) is 16.6 Å². The van der Waals surface area contributed by atoms with Crippen LogP contribution >= 0.6 is 0 Å². The summed E-state index contributed by atoms with van der Waals surface area (Å²) < 4.78 is 13.2. The number of benzene rings is 1. The van der Waals surface area contributed by atoms with E-state index in [1.54, 1.807) is 6.08 Å². The number of hydrogen-bond donors (Lipinski definition) is 2. The van der Waals surface area contributed by atoms with Crippen LogP contribution in [0.15, 0.2) is 18.2 Å². The van der Waals surface area contributed by atoms with E-state index in [0.717, 1.165) is 6.07 Å². The highest BCUT2D eigenvalue weighted by Crippen LogP contribution is 2.26. The molecule has 0 heterocycles. The van der Waals surface area contributed by atoms with Crippen LogP contribution in [0.2, 0.25) is 0 Å². The Bertz CT molecular complexity index is 432. The van der Waals surface area contributed by atoms with Gasteiger partial charge >= 0.3 is 0 Å². The second-order valence-electron chi connectivity index (χ2n) is 3.11. The maximum Gasteiger partial charge on any atom is 0.295 e. The van der Waals surface area contributed by atoms with E-state index >= 15 is 0 Å². The summed E-state index contributed by atoms with van der Waals surface area (Å²) in [6, 6.07) is 2.29. The molecule has 1 aromatic carbocycles. The van der Waals surface area contributed by atoms with Crippen molar-refractivity contribution >= 4 is 17.5 Å². The second kappa shape index (κ2) is 5.22. The van der Waals surface area contributed by atoms with Gasteiger partial charge in [0.25, 0.3) is 5.69 Å². The summed E-state index contributed by atoms with van der Waals surface area (Å²) in [5, 5.41) is 19.1. The molecule has 0 saturated carbocycles. The lowest BCUT2D eigenvalue weighted by atomic mass is 10.1. The molecule has 0 unspecified atom stereocenters. The number of nitrogens with two attached hydrogens (primary N) is 1.